The molecule has 1 aromatic heterocycles. The molecule has 0 aliphatic carbocycles. The Morgan fingerprint density at radius 2 is 2.04 bits per heavy atom. The number of hydrogen-bond acceptors (Lipinski definition) is 4. The number of fused-ring (bicyclic) bond motifs is 1. The molecule has 0 amide bonds. The van der Waals surface area contributed by atoms with Gasteiger partial charge in [-0.3, -0.25) is 4.98 Å². The molecule has 2 aromatic carbocycles. The van der Waals surface area contributed by atoms with Gasteiger partial charge in [0.05, 0.1) is 28.9 Å². The van der Waals surface area contributed by atoms with Crippen LogP contribution in [0.3, 0.4) is 0 Å². The third-order valence-electron chi connectivity index (χ3n) is 3.39. The van der Waals surface area contributed by atoms with E-state index in [1.807, 2.05) is 6.07 Å². The van der Waals surface area contributed by atoms with Crippen molar-refractivity contribution in [3.05, 3.63) is 59.0 Å². The van der Waals surface area contributed by atoms with Crippen molar-refractivity contribution in [1.29, 1.82) is 5.26 Å². The molecule has 24 heavy (non-hydrogen) atoms. The smallest absolute Gasteiger partial charge is 0.141 e. The van der Waals surface area contributed by atoms with E-state index in [0.717, 1.165) is 5.39 Å². The molecule has 0 saturated heterocycles. The number of halogens is 3. The highest BCUT2D eigenvalue weighted by molar-refractivity contribution is 6.31. The second-order valence-electron chi connectivity index (χ2n) is 4.80. The van der Waals surface area contributed by atoms with Crippen molar-refractivity contribution >= 4 is 46.3 Å². The Hall–Kier alpha value is -2.55. The largest absolute Gasteiger partial charge is 0.497 e. The Kier molecular flexibility index (Phi) is 5.45. The highest BCUT2D eigenvalue weighted by atomic mass is 35.5. The minimum absolute atomic E-state index is 0. The van der Waals surface area contributed by atoms with Crippen LogP contribution in [-0.2, 0) is 0 Å². The predicted molar refractivity (Wildman–Crippen MR) is 95.0 cm³/mol. The van der Waals surface area contributed by atoms with Gasteiger partial charge in [-0.05, 0) is 30.3 Å². The van der Waals surface area contributed by atoms with Crippen molar-refractivity contribution in [1.82, 2.24) is 4.98 Å². The molecule has 0 unspecified atom stereocenters. The molecule has 0 spiro atoms. The predicted octanol–water partition coefficient (Wildman–Crippen LogP) is 5.07. The average molecular weight is 364 g/mol. The molecule has 0 bridgehead atoms. The maximum Gasteiger partial charge on any atom is 0.141 e. The number of hydrogen-bond donors (Lipinski definition) is 1. The third-order valence-corrected chi connectivity index (χ3v) is 3.68. The summed E-state index contributed by atoms with van der Waals surface area (Å²) in [5, 5.41) is 13.2. The minimum Gasteiger partial charge on any atom is -0.497 e. The van der Waals surface area contributed by atoms with E-state index in [4.69, 9.17) is 16.3 Å². The van der Waals surface area contributed by atoms with E-state index >= 15 is 0 Å². The maximum atomic E-state index is 13.3. The Morgan fingerprint density at radius 3 is 2.71 bits per heavy atom. The molecule has 0 atom stereocenters. The number of pyridine rings is 1. The maximum absolute atomic E-state index is 13.3. The third kappa shape index (κ3) is 3.35. The first-order valence-electron chi connectivity index (χ1n) is 6.71. The quantitative estimate of drug-likeness (QED) is 0.705. The first kappa shape index (κ1) is 17.8. The van der Waals surface area contributed by atoms with Gasteiger partial charge in [0, 0.05) is 23.3 Å². The van der Waals surface area contributed by atoms with Crippen LogP contribution in [-0.4, -0.2) is 12.1 Å². The van der Waals surface area contributed by atoms with Gasteiger partial charge in [0.25, 0.3) is 0 Å². The Morgan fingerprint density at radius 1 is 1.25 bits per heavy atom. The molecule has 1 heterocycles. The fourth-order valence-corrected chi connectivity index (χ4v) is 2.42. The van der Waals surface area contributed by atoms with Crippen LogP contribution >= 0.6 is 24.0 Å². The van der Waals surface area contributed by atoms with Crippen molar-refractivity contribution in [2.75, 3.05) is 12.4 Å². The molecule has 7 heteroatoms. The van der Waals surface area contributed by atoms with Crippen molar-refractivity contribution < 1.29 is 9.13 Å². The second-order valence-corrected chi connectivity index (χ2v) is 5.20. The Bertz CT molecular complexity index is 941. The number of rotatable bonds is 3. The Labute approximate surface area is 149 Å². The van der Waals surface area contributed by atoms with Crippen LogP contribution < -0.4 is 10.1 Å². The zero-order valence-electron chi connectivity index (χ0n) is 12.5. The van der Waals surface area contributed by atoms with Gasteiger partial charge in [0.15, 0.2) is 0 Å². The fourth-order valence-electron chi connectivity index (χ4n) is 2.24. The van der Waals surface area contributed by atoms with E-state index in [9.17, 15) is 9.65 Å². The first-order chi connectivity index (χ1) is 11.1. The minimum atomic E-state index is -0.498. The number of aromatic nitrogens is 1. The molecule has 122 valence electrons. The summed E-state index contributed by atoms with van der Waals surface area (Å²) in [5.41, 5.74) is 2.22. The van der Waals surface area contributed by atoms with E-state index in [2.05, 4.69) is 16.4 Å². The number of anilines is 2. The lowest BCUT2D eigenvalue weighted by molar-refractivity contribution is 0.415. The second kappa shape index (κ2) is 7.35. The first-order valence-corrected chi connectivity index (χ1v) is 7.09. The number of benzene rings is 2. The van der Waals surface area contributed by atoms with E-state index < -0.39 is 5.82 Å². The molecule has 0 radical (unpaired) electrons. The van der Waals surface area contributed by atoms with Crippen LogP contribution in [0.4, 0.5) is 15.8 Å². The van der Waals surface area contributed by atoms with Gasteiger partial charge in [-0.1, -0.05) is 11.6 Å². The normalized spacial score (nSPS) is 9.92. The number of ether oxygens (including phenoxy) is 1. The zero-order valence-corrected chi connectivity index (χ0v) is 14.1. The van der Waals surface area contributed by atoms with Gasteiger partial charge in [0.1, 0.15) is 17.6 Å². The molecule has 0 aliphatic heterocycles. The van der Waals surface area contributed by atoms with Crippen LogP contribution in [0.1, 0.15) is 5.56 Å². The standard InChI is InChI=1S/C17H11ClFN3O.ClH/c1-23-12-3-4-13-16(7-12)21-9-10(8-20)17(13)22-11-2-5-15(19)14(18)6-11;/h2-7,9H,1H3,(H,21,22);1H. The zero-order chi connectivity index (χ0) is 16.4. The molecule has 1 N–H and O–H groups in total. The van der Waals surface area contributed by atoms with Gasteiger partial charge in [-0.25, -0.2) is 4.39 Å². The molecular weight excluding hydrogens is 352 g/mol. The topological polar surface area (TPSA) is 57.9 Å². The summed E-state index contributed by atoms with van der Waals surface area (Å²) >= 11 is 5.80. The highest BCUT2D eigenvalue weighted by Crippen LogP contribution is 2.31. The molecule has 4 nitrogen and oxygen atoms in total. The summed E-state index contributed by atoms with van der Waals surface area (Å²) in [6.07, 6.45) is 1.48. The van der Waals surface area contributed by atoms with Crippen LogP contribution in [0.2, 0.25) is 5.02 Å². The van der Waals surface area contributed by atoms with Crippen LogP contribution in [0.5, 0.6) is 5.75 Å². The van der Waals surface area contributed by atoms with Crippen molar-refractivity contribution in [3.63, 3.8) is 0 Å². The van der Waals surface area contributed by atoms with Crippen LogP contribution in [0, 0.1) is 17.1 Å². The summed E-state index contributed by atoms with van der Waals surface area (Å²) in [7, 11) is 1.57. The lowest BCUT2D eigenvalue weighted by Crippen LogP contribution is -1.97. The summed E-state index contributed by atoms with van der Waals surface area (Å²) in [4.78, 5) is 4.27. The summed E-state index contributed by atoms with van der Waals surface area (Å²) in [6, 6.07) is 11.8. The van der Waals surface area contributed by atoms with Crippen LogP contribution in [0.25, 0.3) is 10.9 Å². The molecular formula is C17H12Cl2FN3O. The lowest BCUT2D eigenvalue weighted by atomic mass is 10.1. The monoisotopic (exact) mass is 363 g/mol. The fraction of sp³-hybridized carbons (Fsp3) is 0.0588. The average Bonchev–Trinajstić information content (AvgIpc) is 2.58. The summed E-state index contributed by atoms with van der Waals surface area (Å²) < 4.78 is 18.5. The number of methoxy groups -OCH3 is 1. The molecule has 0 aliphatic rings. The van der Waals surface area contributed by atoms with Gasteiger partial charge in [-0.2, -0.15) is 5.26 Å². The van der Waals surface area contributed by atoms with Crippen LogP contribution in [0.15, 0.2) is 42.6 Å². The highest BCUT2D eigenvalue weighted by Gasteiger charge is 2.11. The summed E-state index contributed by atoms with van der Waals surface area (Å²) in [6.45, 7) is 0. The van der Waals surface area contributed by atoms with E-state index in [-0.39, 0.29) is 17.4 Å². The lowest BCUT2D eigenvalue weighted by Gasteiger charge is -2.12. The van der Waals surface area contributed by atoms with Gasteiger partial charge in [0.2, 0.25) is 0 Å². The van der Waals surface area contributed by atoms with Gasteiger partial charge in [-0.15, -0.1) is 12.4 Å². The molecule has 0 fully saturated rings. The number of nitriles is 1. The number of nitrogens with one attached hydrogen (secondary N) is 1. The molecule has 3 rings (SSSR count). The van der Waals surface area contributed by atoms with E-state index in [1.165, 1.54) is 18.3 Å². The van der Waals surface area contributed by atoms with E-state index in [1.54, 1.807) is 25.3 Å². The van der Waals surface area contributed by atoms with Crippen molar-refractivity contribution in [2.45, 2.75) is 0 Å². The summed E-state index contributed by atoms with van der Waals surface area (Å²) in [5.74, 6) is 0.174. The van der Waals surface area contributed by atoms with Crippen molar-refractivity contribution in [3.8, 4) is 11.8 Å². The molecule has 3 aromatic rings. The Balaban J connectivity index is 0.00000208. The SMILES string of the molecule is COc1ccc2c(Nc3ccc(F)c(Cl)c3)c(C#N)cnc2c1.Cl. The van der Waals surface area contributed by atoms with Gasteiger partial charge >= 0.3 is 0 Å². The molecule has 0 saturated carbocycles. The van der Waals surface area contributed by atoms with Gasteiger partial charge < -0.3 is 10.1 Å². The van der Waals surface area contributed by atoms with E-state index in [0.29, 0.717) is 28.2 Å². The van der Waals surface area contributed by atoms with Crippen molar-refractivity contribution in [2.24, 2.45) is 0 Å². The number of nitrogens with zero attached hydrogens (tertiary/aromatic N) is 2.